The lowest BCUT2D eigenvalue weighted by Gasteiger charge is -2.00. The van der Waals surface area contributed by atoms with Gasteiger partial charge in [0.1, 0.15) is 5.75 Å². The van der Waals surface area contributed by atoms with Gasteiger partial charge >= 0.3 is 0 Å². The van der Waals surface area contributed by atoms with Gasteiger partial charge in [-0.25, -0.2) is 0 Å². The molecular formula is C12H23NO. The fraction of sp³-hybridized carbons (Fsp3) is 0.500. The van der Waals surface area contributed by atoms with Gasteiger partial charge in [-0.2, -0.15) is 0 Å². The zero-order chi connectivity index (χ0) is 11.6. The Hall–Kier alpha value is -1.18. The lowest BCUT2D eigenvalue weighted by molar-refractivity contribution is 0.469. The van der Waals surface area contributed by atoms with Gasteiger partial charge in [-0.15, -0.1) is 0 Å². The summed E-state index contributed by atoms with van der Waals surface area (Å²) >= 11 is 0. The molecule has 0 aromatic heterocycles. The molecule has 0 radical (unpaired) electrons. The van der Waals surface area contributed by atoms with Crippen LogP contribution in [0.3, 0.4) is 0 Å². The number of nitrogen functional groups attached to an aromatic ring is 1. The number of rotatable bonds is 1. The van der Waals surface area contributed by atoms with Crippen LogP contribution >= 0.6 is 0 Å². The van der Waals surface area contributed by atoms with Gasteiger partial charge in [0.15, 0.2) is 0 Å². The SMILES string of the molecule is CC.CC.CCc1cc(N)ccc1O. The summed E-state index contributed by atoms with van der Waals surface area (Å²) < 4.78 is 0. The molecular weight excluding hydrogens is 174 g/mol. The van der Waals surface area contributed by atoms with E-state index in [0.29, 0.717) is 11.4 Å². The Morgan fingerprint density at radius 3 is 2.00 bits per heavy atom. The number of hydrogen-bond donors (Lipinski definition) is 2. The topological polar surface area (TPSA) is 46.2 Å². The van der Waals surface area contributed by atoms with Gasteiger partial charge in [0.05, 0.1) is 0 Å². The van der Waals surface area contributed by atoms with Crippen LogP contribution in [-0.4, -0.2) is 5.11 Å². The molecule has 0 spiro atoms. The van der Waals surface area contributed by atoms with Crippen LogP contribution in [0.2, 0.25) is 0 Å². The third kappa shape index (κ3) is 5.46. The van der Waals surface area contributed by atoms with Crippen molar-refractivity contribution >= 4 is 5.69 Å². The van der Waals surface area contributed by atoms with Crippen LogP contribution in [0.5, 0.6) is 5.75 Å². The predicted molar refractivity (Wildman–Crippen MR) is 64.6 cm³/mol. The lowest BCUT2D eigenvalue weighted by Crippen LogP contribution is -1.87. The Labute approximate surface area is 87.8 Å². The summed E-state index contributed by atoms with van der Waals surface area (Å²) in [5, 5.41) is 9.18. The van der Waals surface area contributed by atoms with E-state index in [1.807, 2.05) is 34.6 Å². The predicted octanol–water partition coefficient (Wildman–Crippen LogP) is 3.59. The number of aromatic hydroxyl groups is 1. The molecule has 0 atom stereocenters. The monoisotopic (exact) mass is 197 g/mol. The number of hydrogen-bond acceptors (Lipinski definition) is 2. The van der Waals surface area contributed by atoms with Crippen molar-refractivity contribution in [1.82, 2.24) is 0 Å². The molecule has 0 fully saturated rings. The number of aryl methyl sites for hydroxylation is 1. The van der Waals surface area contributed by atoms with Gasteiger partial charge in [-0.1, -0.05) is 34.6 Å². The number of phenols is 1. The number of benzene rings is 1. The number of phenolic OH excluding ortho intramolecular Hbond substituents is 1. The first-order chi connectivity index (χ1) is 6.74. The summed E-state index contributed by atoms with van der Waals surface area (Å²) in [5.74, 6) is 0.330. The van der Waals surface area contributed by atoms with Crippen LogP contribution in [0.15, 0.2) is 18.2 Å². The largest absolute Gasteiger partial charge is 0.508 e. The highest BCUT2D eigenvalue weighted by Gasteiger charge is 1.96. The molecule has 2 heteroatoms. The average molecular weight is 197 g/mol. The second kappa shape index (κ2) is 9.90. The van der Waals surface area contributed by atoms with Crippen molar-refractivity contribution in [3.63, 3.8) is 0 Å². The van der Waals surface area contributed by atoms with E-state index in [1.54, 1.807) is 18.2 Å². The summed E-state index contributed by atoms with van der Waals surface area (Å²) in [5.41, 5.74) is 7.10. The van der Waals surface area contributed by atoms with Crippen molar-refractivity contribution in [2.75, 3.05) is 5.73 Å². The van der Waals surface area contributed by atoms with E-state index in [0.717, 1.165) is 12.0 Å². The second-order valence-corrected chi connectivity index (χ2v) is 2.24. The van der Waals surface area contributed by atoms with Crippen molar-refractivity contribution in [3.8, 4) is 5.75 Å². The quantitative estimate of drug-likeness (QED) is 0.534. The van der Waals surface area contributed by atoms with Gasteiger partial charge in [0.25, 0.3) is 0 Å². The maximum Gasteiger partial charge on any atom is 0.118 e. The minimum Gasteiger partial charge on any atom is -0.508 e. The van der Waals surface area contributed by atoms with Crippen LogP contribution in [0.4, 0.5) is 5.69 Å². The van der Waals surface area contributed by atoms with Gasteiger partial charge < -0.3 is 10.8 Å². The fourth-order valence-electron chi connectivity index (χ4n) is 0.889. The lowest BCUT2D eigenvalue weighted by atomic mass is 10.1. The van der Waals surface area contributed by atoms with Crippen molar-refractivity contribution in [2.24, 2.45) is 0 Å². The Kier molecular flexibility index (Phi) is 10.8. The molecule has 0 heterocycles. The maximum atomic E-state index is 9.18. The van der Waals surface area contributed by atoms with Crippen LogP contribution in [-0.2, 0) is 6.42 Å². The summed E-state index contributed by atoms with van der Waals surface area (Å²) in [7, 11) is 0. The van der Waals surface area contributed by atoms with E-state index >= 15 is 0 Å². The highest BCUT2D eigenvalue weighted by molar-refractivity contribution is 5.47. The normalized spacial score (nSPS) is 7.79. The molecule has 3 N–H and O–H groups in total. The molecule has 0 aliphatic carbocycles. The van der Waals surface area contributed by atoms with E-state index in [-0.39, 0.29) is 0 Å². The Morgan fingerprint density at radius 1 is 1.14 bits per heavy atom. The minimum atomic E-state index is 0.330. The molecule has 82 valence electrons. The van der Waals surface area contributed by atoms with E-state index < -0.39 is 0 Å². The van der Waals surface area contributed by atoms with E-state index in [9.17, 15) is 5.11 Å². The van der Waals surface area contributed by atoms with Crippen molar-refractivity contribution in [2.45, 2.75) is 41.0 Å². The van der Waals surface area contributed by atoms with Gasteiger partial charge in [-0.05, 0) is 30.2 Å². The Bertz CT molecular complexity index is 234. The first-order valence-electron chi connectivity index (χ1n) is 5.31. The standard InChI is InChI=1S/C8H11NO.2C2H6/c1-2-6-5-7(9)3-4-8(6)10;2*1-2/h3-5,10H,2,9H2,1H3;2*1-2H3. The van der Waals surface area contributed by atoms with Crippen LogP contribution in [0.25, 0.3) is 0 Å². The second-order valence-electron chi connectivity index (χ2n) is 2.24. The van der Waals surface area contributed by atoms with Gasteiger partial charge in [0, 0.05) is 5.69 Å². The fourth-order valence-corrected chi connectivity index (χ4v) is 0.889. The first-order valence-corrected chi connectivity index (χ1v) is 5.31. The zero-order valence-corrected chi connectivity index (χ0v) is 9.96. The van der Waals surface area contributed by atoms with Gasteiger partial charge in [0.2, 0.25) is 0 Å². The average Bonchev–Trinajstić information content (AvgIpc) is 2.27. The molecule has 0 bridgehead atoms. The summed E-state index contributed by atoms with van der Waals surface area (Å²) in [4.78, 5) is 0. The van der Waals surface area contributed by atoms with E-state index in [4.69, 9.17) is 5.73 Å². The highest BCUT2D eigenvalue weighted by atomic mass is 16.3. The molecule has 1 rings (SSSR count). The molecule has 0 saturated heterocycles. The first kappa shape index (κ1) is 15.3. The highest BCUT2D eigenvalue weighted by Crippen LogP contribution is 2.19. The van der Waals surface area contributed by atoms with Crippen molar-refractivity contribution < 1.29 is 5.11 Å². The zero-order valence-electron chi connectivity index (χ0n) is 9.96. The van der Waals surface area contributed by atoms with Crippen LogP contribution in [0.1, 0.15) is 40.2 Å². The molecule has 0 unspecified atom stereocenters. The summed E-state index contributed by atoms with van der Waals surface area (Å²) in [6, 6.07) is 5.10. The van der Waals surface area contributed by atoms with Gasteiger partial charge in [-0.3, -0.25) is 0 Å². The molecule has 0 aliphatic rings. The molecule has 1 aromatic carbocycles. The molecule has 0 aliphatic heterocycles. The Balaban J connectivity index is 0. The smallest absolute Gasteiger partial charge is 0.118 e. The number of nitrogens with two attached hydrogens (primary N) is 1. The summed E-state index contributed by atoms with van der Waals surface area (Å²) in [6.07, 6.45) is 0.816. The molecule has 14 heavy (non-hydrogen) atoms. The third-order valence-electron chi connectivity index (χ3n) is 1.48. The molecule has 0 saturated carbocycles. The van der Waals surface area contributed by atoms with Crippen molar-refractivity contribution in [3.05, 3.63) is 23.8 Å². The number of anilines is 1. The molecule has 2 nitrogen and oxygen atoms in total. The van der Waals surface area contributed by atoms with Crippen LogP contribution in [0, 0.1) is 0 Å². The van der Waals surface area contributed by atoms with E-state index in [1.165, 1.54) is 0 Å². The Morgan fingerprint density at radius 2 is 1.64 bits per heavy atom. The minimum absolute atomic E-state index is 0.330. The third-order valence-corrected chi connectivity index (χ3v) is 1.48. The van der Waals surface area contributed by atoms with E-state index in [2.05, 4.69) is 0 Å². The molecule has 1 aromatic rings. The van der Waals surface area contributed by atoms with Crippen molar-refractivity contribution in [1.29, 1.82) is 0 Å². The van der Waals surface area contributed by atoms with Crippen LogP contribution < -0.4 is 5.73 Å². The molecule has 0 amide bonds. The summed E-state index contributed by atoms with van der Waals surface area (Å²) in [6.45, 7) is 9.98. The maximum absolute atomic E-state index is 9.18.